The first kappa shape index (κ1) is 14.1. The molecule has 0 amide bonds. The molecule has 0 saturated carbocycles. The second-order valence-corrected chi connectivity index (χ2v) is 4.12. The van der Waals surface area contributed by atoms with Crippen LogP contribution in [-0.4, -0.2) is 17.9 Å². The number of hydrazone groups is 1. The van der Waals surface area contributed by atoms with Crippen molar-refractivity contribution >= 4 is 23.5 Å². The summed E-state index contributed by atoms with van der Waals surface area (Å²) in [5.74, 6) is 0. The number of thiocarbonyl (C=S) groups is 1. The second kappa shape index (κ2) is 8.20. The van der Waals surface area contributed by atoms with Crippen LogP contribution in [0.25, 0.3) is 0 Å². The minimum Gasteiger partial charge on any atom is -0.361 e. The molecule has 1 rings (SSSR count). The zero-order chi connectivity index (χ0) is 13.2. The lowest BCUT2D eigenvalue weighted by Gasteiger charge is -2.05. The highest BCUT2D eigenvalue weighted by atomic mass is 32.1. The standard InChI is InChI=1S/C13H16N4S/c1-2-3-8-15-13(18)17-16-10-12-6-4-11(9-14)5-7-12/h4-7,10H,2-3,8H2,1H3,(H2,15,17,18). The van der Waals surface area contributed by atoms with Crippen molar-refractivity contribution in [3.05, 3.63) is 35.4 Å². The van der Waals surface area contributed by atoms with Gasteiger partial charge in [0.1, 0.15) is 0 Å². The predicted molar refractivity (Wildman–Crippen MR) is 77.4 cm³/mol. The molecule has 1 aromatic rings. The Hall–Kier alpha value is -1.93. The normalized spacial score (nSPS) is 10.0. The maximum absolute atomic E-state index is 8.66. The van der Waals surface area contributed by atoms with Crippen LogP contribution in [0.3, 0.4) is 0 Å². The van der Waals surface area contributed by atoms with Gasteiger partial charge in [0, 0.05) is 6.54 Å². The molecule has 0 heterocycles. The van der Waals surface area contributed by atoms with E-state index in [9.17, 15) is 0 Å². The van der Waals surface area contributed by atoms with Crippen LogP contribution in [0.4, 0.5) is 0 Å². The zero-order valence-electron chi connectivity index (χ0n) is 10.3. The first-order chi connectivity index (χ1) is 8.76. The minimum absolute atomic E-state index is 0.522. The van der Waals surface area contributed by atoms with Crippen molar-refractivity contribution in [1.82, 2.24) is 10.7 Å². The number of benzene rings is 1. The Labute approximate surface area is 113 Å². The number of hydrogen-bond donors (Lipinski definition) is 2. The SMILES string of the molecule is CCCCNC(=S)NN=Cc1ccc(C#N)cc1. The first-order valence-corrected chi connectivity index (χ1v) is 6.24. The van der Waals surface area contributed by atoms with Crippen molar-refractivity contribution in [1.29, 1.82) is 5.26 Å². The minimum atomic E-state index is 0.522. The number of nitriles is 1. The Morgan fingerprint density at radius 2 is 2.17 bits per heavy atom. The van der Waals surface area contributed by atoms with Gasteiger partial charge in [0.05, 0.1) is 17.8 Å². The topological polar surface area (TPSA) is 60.2 Å². The molecule has 0 aliphatic carbocycles. The summed E-state index contributed by atoms with van der Waals surface area (Å²) in [5.41, 5.74) is 4.29. The van der Waals surface area contributed by atoms with Crippen LogP contribution in [0.2, 0.25) is 0 Å². The van der Waals surface area contributed by atoms with E-state index in [1.54, 1.807) is 18.3 Å². The van der Waals surface area contributed by atoms with Gasteiger partial charge in [-0.25, -0.2) is 0 Å². The molecule has 0 unspecified atom stereocenters. The average molecular weight is 260 g/mol. The van der Waals surface area contributed by atoms with Crippen molar-refractivity contribution in [2.45, 2.75) is 19.8 Å². The van der Waals surface area contributed by atoms with E-state index in [4.69, 9.17) is 17.5 Å². The van der Waals surface area contributed by atoms with Crippen LogP contribution in [0.5, 0.6) is 0 Å². The summed E-state index contributed by atoms with van der Waals surface area (Å²) >= 11 is 5.04. The molecule has 94 valence electrons. The van der Waals surface area contributed by atoms with Crippen molar-refractivity contribution in [2.24, 2.45) is 5.10 Å². The van der Waals surface area contributed by atoms with Gasteiger partial charge in [-0.05, 0) is 36.3 Å². The average Bonchev–Trinajstić information content (AvgIpc) is 2.40. The molecular formula is C13H16N4S. The number of nitrogens with zero attached hydrogens (tertiary/aromatic N) is 2. The van der Waals surface area contributed by atoms with Gasteiger partial charge in [0.2, 0.25) is 0 Å². The van der Waals surface area contributed by atoms with Crippen LogP contribution in [-0.2, 0) is 0 Å². The van der Waals surface area contributed by atoms with Crippen LogP contribution in [0.15, 0.2) is 29.4 Å². The number of rotatable bonds is 5. The van der Waals surface area contributed by atoms with Crippen molar-refractivity contribution in [3.8, 4) is 6.07 Å². The van der Waals surface area contributed by atoms with Gasteiger partial charge >= 0.3 is 0 Å². The van der Waals surface area contributed by atoms with Crippen LogP contribution < -0.4 is 10.7 Å². The largest absolute Gasteiger partial charge is 0.361 e. The van der Waals surface area contributed by atoms with Crippen molar-refractivity contribution < 1.29 is 0 Å². The smallest absolute Gasteiger partial charge is 0.186 e. The summed E-state index contributed by atoms with van der Waals surface area (Å²) in [5, 5.41) is 16.2. The first-order valence-electron chi connectivity index (χ1n) is 5.83. The molecule has 0 fully saturated rings. The van der Waals surface area contributed by atoms with Crippen molar-refractivity contribution in [3.63, 3.8) is 0 Å². The maximum Gasteiger partial charge on any atom is 0.186 e. The van der Waals surface area contributed by atoms with Crippen molar-refractivity contribution in [2.75, 3.05) is 6.54 Å². The van der Waals surface area contributed by atoms with E-state index in [0.29, 0.717) is 10.7 Å². The maximum atomic E-state index is 8.66. The fraction of sp³-hybridized carbons (Fsp3) is 0.308. The monoisotopic (exact) mass is 260 g/mol. The summed E-state index contributed by atoms with van der Waals surface area (Å²) < 4.78 is 0. The zero-order valence-corrected chi connectivity index (χ0v) is 11.1. The summed E-state index contributed by atoms with van der Waals surface area (Å²) in [6, 6.07) is 9.23. The number of nitrogens with one attached hydrogen (secondary N) is 2. The lowest BCUT2D eigenvalue weighted by Crippen LogP contribution is -2.32. The summed E-state index contributed by atoms with van der Waals surface area (Å²) in [6.07, 6.45) is 3.88. The van der Waals surface area contributed by atoms with Crippen LogP contribution >= 0.6 is 12.2 Å². The fourth-order valence-electron chi connectivity index (χ4n) is 1.23. The fourth-order valence-corrected chi connectivity index (χ4v) is 1.38. The Morgan fingerprint density at radius 3 is 2.78 bits per heavy atom. The molecule has 0 aliphatic heterocycles. The summed E-state index contributed by atoms with van der Waals surface area (Å²) in [7, 11) is 0. The molecule has 0 spiro atoms. The Kier molecular flexibility index (Phi) is 6.44. The lowest BCUT2D eigenvalue weighted by atomic mass is 10.2. The molecule has 4 nitrogen and oxygen atoms in total. The highest BCUT2D eigenvalue weighted by molar-refractivity contribution is 7.80. The van der Waals surface area contributed by atoms with E-state index >= 15 is 0 Å². The second-order valence-electron chi connectivity index (χ2n) is 3.71. The number of unbranched alkanes of at least 4 members (excludes halogenated alkanes) is 1. The molecule has 0 aromatic heterocycles. The molecule has 2 N–H and O–H groups in total. The third kappa shape index (κ3) is 5.41. The number of hydrogen-bond acceptors (Lipinski definition) is 3. The third-order valence-corrected chi connectivity index (χ3v) is 2.47. The third-order valence-electron chi connectivity index (χ3n) is 2.24. The molecule has 5 heteroatoms. The molecule has 0 aliphatic rings. The Morgan fingerprint density at radius 1 is 1.44 bits per heavy atom. The highest BCUT2D eigenvalue weighted by Crippen LogP contribution is 2.00. The van der Waals surface area contributed by atoms with E-state index in [2.05, 4.69) is 28.8 Å². The summed E-state index contributed by atoms with van der Waals surface area (Å²) in [6.45, 7) is 2.98. The molecule has 1 aromatic carbocycles. The van der Waals surface area contributed by atoms with E-state index in [1.165, 1.54) is 0 Å². The van der Waals surface area contributed by atoms with E-state index < -0.39 is 0 Å². The lowest BCUT2D eigenvalue weighted by molar-refractivity contribution is 0.745. The molecule has 0 radical (unpaired) electrons. The van der Waals surface area contributed by atoms with Gasteiger partial charge in [-0.1, -0.05) is 25.5 Å². The van der Waals surface area contributed by atoms with Gasteiger partial charge in [-0.15, -0.1) is 0 Å². The molecule has 0 atom stereocenters. The van der Waals surface area contributed by atoms with Crippen LogP contribution in [0.1, 0.15) is 30.9 Å². The summed E-state index contributed by atoms with van der Waals surface area (Å²) in [4.78, 5) is 0. The molecule has 18 heavy (non-hydrogen) atoms. The van der Waals surface area contributed by atoms with Gasteiger partial charge in [-0.3, -0.25) is 5.43 Å². The Balaban J connectivity index is 2.35. The van der Waals surface area contributed by atoms with Gasteiger partial charge in [-0.2, -0.15) is 10.4 Å². The van der Waals surface area contributed by atoms with E-state index in [0.717, 1.165) is 24.9 Å². The molecular weight excluding hydrogens is 244 g/mol. The van der Waals surface area contributed by atoms with Crippen LogP contribution in [0, 0.1) is 11.3 Å². The Bertz CT molecular complexity index is 445. The van der Waals surface area contributed by atoms with Gasteiger partial charge < -0.3 is 5.32 Å². The van der Waals surface area contributed by atoms with E-state index in [1.807, 2.05) is 12.1 Å². The van der Waals surface area contributed by atoms with Gasteiger partial charge in [0.25, 0.3) is 0 Å². The molecule has 0 saturated heterocycles. The van der Waals surface area contributed by atoms with Gasteiger partial charge in [0.15, 0.2) is 5.11 Å². The molecule has 0 bridgehead atoms. The predicted octanol–water partition coefficient (Wildman–Crippen LogP) is 2.16. The highest BCUT2D eigenvalue weighted by Gasteiger charge is 1.92. The van der Waals surface area contributed by atoms with E-state index in [-0.39, 0.29) is 0 Å². The quantitative estimate of drug-likeness (QED) is 0.368.